The fourth-order valence-corrected chi connectivity index (χ4v) is 2.68. The third kappa shape index (κ3) is 3.92. The molecule has 8 heteroatoms. The molecular formula is C18H22N4O4. The van der Waals surface area contributed by atoms with E-state index in [9.17, 15) is 9.59 Å². The first-order valence-corrected chi connectivity index (χ1v) is 8.41. The van der Waals surface area contributed by atoms with Crippen LogP contribution in [0.15, 0.2) is 39.8 Å². The molecule has 1 aromatic carbocycles. The predicted molar refractivity (Wildman–Crippen MR) is 98.2 cm³/mol. The van der Waals surface area contributed by atoms with Crippen molar-refractivity contribution in [2.75, 3.05) is 40.4 Å². The van der Waals surface area contributed by atoms with Crippen molar-refractivity contribution >= 4 is 28.0 Å². The Hall–Kier alpha value is -2.71. The minimum absolute atomic E-state index is 0.0966. The van der Waals surface area contributed by atoms with Gasteiger partial charge in [-0.3, -0.25) is 14.2 Å². The van der Waals surface area contributed by atoms with Crippen LogP contribution in [0.3, 0.4) is 0 Å². The number of nitrogens with one attached hydrogen (secondary N) is 1. The lowest BCUT2D eigenvalue weighted by molar-refractivity contribution is -0.121. The van der Waals surface area contributed by atoms with Gasteiger partial charge in [-0.1, -0.05) is 12.1 Å². The van der Waals surface area contributed by atoms with Gasteiger partial charge in [0.2, 0.25) is 11.5 Å². The Morgan fingerprint density at radius 1 is 1.35 bits per heavy atom. The van der Waals surface area contributed by atoms with Gasteiger partial charge in [0.1, 0.15) is 17.6 Å². The van der Waals surface area contributed by atoms with Crippen molar-refractivity contribution in [1.82, 2.24) is 19.8 Å². The van der Waals surface area contributed by atoms with Gasteiger partial charge in [-0.05, 0) is 19.2 Å². The Morgan fingerprint density at radius 2 is 2.15 bits per heavy atom. The molecule has 0 saturated carbocycles. The average Bonchev–Trinajstić information content (AvgIpc) is 3.02. The molecule has 0 fully saturated rings. The van der Waals surface area contributed by atoms with E-state index >= 15 is 0 Å². The zero-order valence-corrected chi connectivity index (χ0v) is 14.9. The van der Waals surface area contributed by atoms with Gasteiger partial charge in [0, 0.05) is 32.1 Å². The van der Waals surface area contributed by atoms with Gasteiger partial charge in [-0.2, -0.15) is 0 Å². The van der Waals surface area contributed by atoms with Crippen LogP contribution < -0.4 is 10.9 Å². The summed E-state index contributed by atoms with van der Waals surface area (Å²) in [7, 11) is 3.61. The molecule has 3 aromatic rings. The number of hydrogen-bond donors (Lipinski definition) is 1. The summed E-state index contributed by atoms with van der Waals surface area (Å²) in [5.74, 6) is -0.246. The molecule has 1 amide bonds. The predicted octanol–water partition coefficient (Wildman–Crippen LogP) is 0.837. The summed E-state index contributed by atoms with van der Waals surface area (Å²) < 4.78 is 11.9. The van der Waals surface area contributed by atoms with E-state index in [4.69, 9.17) is 9.15 Å². The molecular weight excluding hydrogens is 336 g/mol. The lowest BCUT2D eigenvalue weighted by Gasteiger charge is -2.16. The maximum Gasteiger partial charge on any atom is 0.297 e. The van der Waals surface area contributed by atoms with Crippen molar-refractivity contribution in [3.8, 4) is 0 Å². The number of aromatic nitrogens is 2. The van der Waals surface area contributed by atoms with E-state index < -0.39 is 0 Å². The topological polar surface area (TPSA) is 89.6 Å². The number of methoxy groups -OCH3 is 1. The van der Waals surface area contributed by atoms with Crippen molar-refractivity contribution in [3.63, 3.8) is 0 Å². The van der Waals surface area contributed by atoms with Crippen LogP contribution in [0.25, 0.3) is 22.1 Å². The Kier molecular flexibility index (Phi) is 5.65. The highest BCUT2D eigenvalue weighted by molar-refractivity contribution is 6.01. The van der Waals surface area contributed by atoms with E-state index in [0.717, 1.165) is 11.9 Å². The van der Waals surface area contributed by atoms with Gasteiger partial charge >= 0.3 is 0 Å². The molecule has 26 heavy (non-hydrogen) atoms. The van der Waals surface area contributed by atoms with E-state index in [2.05, 4.69) is 15.2 Å². The third-order valence-electron chi connectivity index (χ3n) is 4.16. The smallest absolute Gasteiger partial charge is 0.297 e. The average molecular weight is 358 g/mol. The number of benzene rings is 1. The first-order chi connectivity index (χ1) is 12.6. The van der Waals surface area contributed by atoms with Crippen molar-refractivity contribution in [2.45, 2.75) is 6.54 Å². The van der Waals surface area contributed by atoms with Gasteiger partial charge in [-0.25, -0.2) is 4.98 Å². The van der Waals surface area contributed by atoms with Crippen LogP contribution >= 0.6 is 0 Å². The van der Waals surface area contributed by atoms with Crippen LogP contribution in [0.1, 0.15) is 0 Å². The molecule has 0 aliphatic carbocycles. The lowest BCUT2D eigenvalue weighted by Crippen LogP contribution is -2.37. The first kappa shape index (κ1) is 18.1. The Bertz CT molecular complexity index is 963. The fraction of sp³-hybridized carbons (Fsp3) is 0.389. The molecule has 0 aliphatic heterocycles. The molecule has 0 saturated heterocycles. The summed E-state index contributed by atoms with van der Waals surface area (Å²) in [6.45, 7) is 2.53. The Balaban J connectivity index is 1.65. The molecule has 0 spiro atoms. The molecule has 0 radical (unpaired) electrons. The summed E-state index contributed by atoms with van der Waals surface area (Å²) >= 11 is 0. The molecule has 1 N–H and O–H groups in total. The summed E-state index contributed by atoms with van der Waals surface area (Å²) in [6, 6.07) is 7.33. The third-order valence-corrected chi connectivity index (χ3v) is 4.16. The monoisotopic (exact) mass is 358 g/mol. The van der Waals surface area contributed by atoms with Gasteiger partial charge in [0.15, 0.2) is 0 Å². The molecule has 2 heterocycles. The quantitative estimate of drug-likeness (QED) is 0.642. The van der Waals surface area contributed by atoms with Crippen LogP contribution in [-0.4, -0.2) is 60.8 Å². The van der Waals surface area contributed by atoms with Crippen molar-refractivity contribution in [2.24, 2.45) is 0 Å². The number of furan rings is 1. The summed E-state index contributed by atoms with van der Waals surface area (Å²) in [4.78, 5) is 31.0. The largest absolute Gasteiger partial charge is 0.448 e. The van der Waals surface area contributed by atoms with Crippen LogP contribution in [0.4, 0.5) is 0 Å². The molecule has 8 nitrogen and oxygen atoms in total. The maximum atomic E-state index is 12.6. The zero-order valence-electron chi connectivity index (χ0n) is 14.9. The van der Waals surface area contributed by atoms with Crippen molar-refractivity contribution in [1.29, 1.82) is 0 Å². The van der Waals surface area contributed by atoms with Crippen molar-refractivity contribution in [3.05, 3.63) is 40.9 Å². The lowest BCUT2D eigenvalue weighted by atomic mass is 10.2. The molecule has 0 aliphatic rings. The van der Waals surface area contributed by atoms with E-state index in [0.29, 0.717) is 30.8 Å². The summed E-state index contributed by atoms with van der Waals surface area (Å²) in [5, 5.41) is 3.59. The van der Waals surface area contributed by atoms with Gasteiger partial charge in [0.25, 0.3) is 5.56 Å². The number of hydrogen-bond acceptors (Lipinski definition) is 6. The van der Waals surface area contributed by atoms with Gasteiger partial charge in [0.05, 0.1) is 12.9 Å². The minimum Gasteiger partial charge on any atom is -0.448 e. The molecule has 0 unspecified atom stereocenters. The number of para-hydroxylation sites is 1. The zero-order chi connectivity index (χ0) is 18.5. The second-order valence-corrected chi connectivity index (χ2v) is 6.10. The van der Waals surface area contributed by atoms with Crippen LogP contribution in [0, 0.1) is 0 Å². The van der Waals surface area contributed by atoms with E-state index in [1.54, 1.807) is 13.2 Å². The minimum atomic E-state index is -0.362. The van der Waals surface area contributed by atoms with Crippen LogP contribution in [-0.2, 0) is 16.1 Å². The van der Waals surface area contributed by atoms with E-state index in [1.165, 1.54) is 10.9 Å². The summed E-state index contributed by atoms with van der Waals surface area (Å²) in [6.07, 6.45) is 1.39. The second-order valence-electron chi connectivity index (χ2n) is 6.10. The van der Waals surface area contributed by atoms with Crippen LogP contribution in [0.5, 0.6) is 0 Å². The standard InChI is InChI=1S/C18H22N4O4/c1-21(9-10-25-2)8-7-19-15(23)11-22-12-20-16-13-5-3-4-6-14(13)26-17(16)18(22)24/h3-6,12H,7-11H2,1-2H3,(H,19,23). The normalized spacial score (nSPS) is 11.5. The second kappa shape index (κ2) is 8.11. The number of nitrogens with zero attached hydrogens (tertiary/aromatic N) is 3. The fourth-order valence-electron chi connectivity index (χ4n) is 2.68. The summed E-state index contributed by atoms with van der Waals surface area (Å²) in [5.41, 5.74) is 0.926. The number of likely N-dealkylation sites (N-methyl/N-ethyl adjacent to an activating group) is 1. The highest BCUT2D eigenvalue weighted by Crippen LogP contribution is 2.23. The number of fused-ring (bicyclic) bond motifs is 3. The van der Waals surface area contributed by atoms with Gasteiger partial charge < -0.3 is 19.4 Å². The molecule has 0 bridgehead atoms. The number of rotatable bonds is 8. The van der Waals surface area contributed by atoms with Crippen molar-refractivity contribution < 1.29 is 13.9 Å². The highest BCUT2D eigenvalue weighted by atomic mass is 16.5. The molecule has 138 valence electrons. The Labute approximate surface area is 150 Å². The maximum absolute atomic E-state index is 12.6. The number of amides is 1. The number of carbonyl (C=O) groups excluding carboxylic acids is 1. The van der Waals surface area contributed by atoms with E-state index in [1.807, 2.05) is 25.2 Å². The molecule has 3 rings (SSSR count). The van der Waals surface area contributed by atoms with Gasteiger partial charge in [-0.15, -0.1) is 0 Å². The highest BCUT2D eigenvalue weighted by Gasteiger charge is 2.14. The van der Waals surface area contributed by atoms with Crippen LogP contribution in [0.2, 0.25) is 0 Å². The SMILES string of the molecule is COCCN(C)CCNC(=O)Cn1cnc2c(oc3ccccc32)c1=O. The first-order valence-electron chi connectivity index (χ1n) is 8.41. The Morgan fingerprint density at radius 3 is 2.96 bits per heavy atom. The van der Waals surface area contributed by atoms with E-state index in [-0.39, 0.29) is 23.6 Å². The number of carbonyl (C=O) groups is 1. The molecule has 2 aromatic heterocycles. The molecule has 0 atom stereocenters. The number of ether oxygens (including phenoxy) is 1.